The number of nitrogens with zero attached hydrogens (tertiary/aromatic N) is 1. The van der Waals surface area contributed by atoms with Crippen molar-refractivity contribution in [3.8, 4) is 0 Å². The highest BCUT2D eigenvalue weighted by Crippen LogP contribution is 2.24. The summed E-state index contributed by atoms with van der Waals surface area (Å²) >= 11 is 0. The van der Waals surface area contributed by atoms with Gasteiger partial charge in [-0.15, -0.1) is 0 Å². The summed E-state index contributed by atoms with van der Waals surface area (Å²) in [5.74, 6) is 0.276. The van der Waals surface area contributed by atoms with Crippen LogP contribution in [-0.2, 0) is 17.9 Å². The van der Waals surface area contributed by atoms with Gasteiger partial charge in [0.05, 0.1) is 0 Å². The van der Waals surface area contributed by atoms with Crippen LogP contribution in [0.5, 0.6) is 0 Å². The van der Waals surface area contributed by atoms with E-state index in [-0.39, 0.29) is 17.9 Å². The molecule has 0 radical (unpaired) electrons. The number of likely N-dealkylation sites (tertiary alicyclic amines) is 1. The van der Waals surface area contributed by atoms with Crippen molar-refractivity contribution in [2.45, 2.75) is 70.6 Å². The van der Waals surface area contributed by atoms with Gasteiger partial charge in [-0.25, -0.2) is 0 Å². The van der Waals surface area contributed by atoms with Crippen molar-refractivity contribution < 1.29 is 4.79 Å². The Bertz CT molecular complexity index is 560. The van der Waals surface area contributed by atoms with Crippen LogP contribution in [0.3, 0.4) is 0 Å². The summed E-state index contributed by atoms with van der Waals surface area (Å²) < 4.78 is 0. The Morgan fingerprint density at radius 3 is 2.71 bits per heavy atom. The van der Waals surface area contributed by atoms with E-state index >= 15 is 0 Å². The summed E-state index contributed by atoms with van der Waals surface area (Å²) in [6, 6.07) is 9.37. The Balaban J connectivity index is 1.58. The maximum atomic E-state index is 12.3. The normalized spacial score (nSPS) is 28.0. The first-order valence-corrected chi connectivity index (χ1v) is 9.47. The third-order valence-corrected chi connectivity index (χ3v) is 5.73. The molecule has 3 N–H and O–H groups in total. The molecule has 0 aromatic heterocycles. The van der Waals surface area contributed by atoms with Crippen molar-refractivity contribution in [2.24, 2.45) is 11.7 Å². The fourth-order valence-corrected chi connectivity index (χ4v) is 4.08. The zero-order chi connectivity index (χ0) is 16.9. The standard InChI is InChI=1S/C20H31N3O/c1-15-6-4-5-11-23(15)14-18-8-3-2-7-17(18)13-22-20(24)16-9-10-19(21)12-16/h2-3,7-8,15-16,19H,4-6,9-14,21H2,1H3,(H,22,24). The van der Waals surface area contributed by atoms with Gasteiger partial charge in [0.25, 0.3) is 0 Å². The van der Waals surface area contributed by atoms with Crippen LogP contribution < -0.4 is 11.1 Å². The summed E-state index contributed by atoms with van der Waals surface area (Å²) in [5.41, 5.74) is 8.51. The van der Waals surface area contributed by atoms with Gasteiger partial charge in [0.15, 0.2) is 0 Å². The van der Waals surface area contributed by atoms with Gasteiger partial charge in [0.2, 0.25) is 5.91 Å². The number of hydrogen-bond acceptors (Lipinski definition) is 3. The fraction of sp³-hybridized carbons (Fsp3) is 0.650. The minimum absolute atomic E-state index is 0.106. The van der Waals surface area contributed by atoms with E-state index < -0.39 is 0 Å². The van der Waals surface area contributed by atoms with Crippen molar-refractivity contribution in [3.05, 3.63) is 35.4 Å². The summed E-state index contributed by atoms with van der Waals surface area (Å²) in [5, 5.41) is 3.14. The van der Waals surface area contributed by atoms with Crippen LogP contribution in [0.15, 0.2) is 24.3 Å². The molecule has 4 nitrogen and oxygen atoms in total. The molecule has 2 aliphatic rings. The van der Waals surface area contributed by atoms with Crippen molar-refractivity contribution in [1.29, 1.82) is 0 Å². The molecule has 3 rings (SSSR count). The monoisotopic (exact) mass is 329 g/mol. The first-order valence-electron chi connectivity index (χ1n) is 9.47. The maximum Gasteiger partial charge on any atom is 0.223 e. The van der Waals surface area contributed by atoms with E-state index in [1.165, 1.54) is 36.9 Å². The number of piperidine rings is 1. The first-order chi connectivity index (χ1) is 11.6. The molecule has 4 heteroatoms. The van der Waals surface area contributed by atoms with E-state index in [1.54, 1.807) is 0 Å². The Labute approximate surface area is 145 Å². The minimum Gasteiger partial charge on any atom is -0.352 e. The topological polar surface area (TPSA) is 58.4 Å². The molecule has 1 aromatic carbocycles. The van der Waals surface area contributed by atoms with E-state index in [1.807, 2.05) is 0 Å². The van der Waals surface area contributed by atoms with Crippen molar-refractivity contribution in [3.63, 3.8) is 0 Å². The Morgan fingerprint density at radius 2 is 2.00 bits per heavy atom. The average molecular weight is 329 g/mol. The molecule has 0 bridgehead atoms. The van der Waals surface area contributed by atoms with Crippen LogP contribution in [0.25, 0.3) is 0 Å². The number of hydrogen-bond donors (Lipinski definition) is 2. The second-order valence-electron chi connectivity index (χ2n) is 7.57. The predicted molar refractivity (Wildman–Crippen MR) is 97.3 cm³/mol. The number of nitrogens with two attached hydrogens (primary N) is 1. The van der Waals surface area contributed by atoms with E-state index in [9.17, 15) is 4.79 Å². The molecule has 1 saturated heterocycles. The van der Waals surface area contributed by atoms with Crippen molar-refractivity contribution in [2.75, 3.05) is 6.54 Å². The van der Waals surface area contributed by atoms with Crippen LogP contribution in [0, 0.1) is 5.92 Å². The number of carbonyl (C=O) groups is 1. The number of rotatable bonds is 5. The quantitative estimate of drug-likeness (QED) is 0.873. The molecule has 2 fully saturated rings. The van der Waals surface area contributed by atoms with Gasteiger partial charge in [-0.2, -0.15) is 0 Å². The predicted octanol–water partition coefficient (Wildman–Crippen LogP) is 2.80. The number of benzene rings is 1. The van der Waals surface area contributed by atoms with Gasteiger partial charge in [0, 0.05) is 31.1 Å². The van der Waals surface area contributed by atoms with Gasteiger partial charge in [0.1, 0.15) is 0 Å². The SMILES string of the molecule is CC1CCCCN1Cc1ccccc1CNC(=O)C1CCC(N)C1. The van der Waals surface area contributed by atoms with E-state index in [4.69, 9.17) is 5.73 Å². The van der Waals surface area contributed by atoms with E-state index in [2.05, 4.69) is 41.4 Å². The largest absolute Gasteiger partial charge is 0.352 e. The lowest BCUT2D eigenvalue weighted by atomic mass is 10.0. The molecular weight excluding hydrogens is 298 g/mol. The zero-order valence-electron chi connectivity index (χ0n) is 14.8. The van der Waals surface area contributed by atoms with Gasteiger partial charge >= 0.3 is 0 Å². The molecule has 3 atom stereocenters. The fourth-order valence-electron chi connectivity index (χ4n) is 4.08. The van der Waals surface area contributed by atoms with Crippen molar-refractivity contribution >= 4 is 5.91 Å². The molecular formula is C20H31N3O. The van der Waals surface area contributed by atoms with Gasteiger partial charge in [-0.3, -0.25) is 9.69 Å². The highest BCUT2D eigenvalue weighted by Gasteiger charge is 2.27. The average Bonchev–Trinajstić information content (AvgIpc) is 3.02. The van der Waals surface area contributed by atoms with Crippen LogP contribution in [0.2, 0.25) is 0 Å². The summed E-state index contributed by atoms with van der Waals surface area (Å²) in [7, 11) is 0. The molecule has 24 heavy (non-hydrogen) atoms. The lowest BCUT2D eigenvalue weighted by molar-refractivity contribution is -0.125. The van der Waals surface area contributed by atoms with E-state index in [0.717, 1.165) is 25.8 Å². The smallest absolute Gasteiger partial charge is 0.223 e. The molecule has 1 aromatic rings. The van der Waals surface area contributed by atoms with Gasteiger partial charge in [-0.05, 0) is 56.7 Å². The van der Waals surface area contributed by atoms with Gasteiger partial charge < -0.3 is 11.1 Å². The molecule has 3 unspecified atom stereocenters. The third-order valence-electron chi connectivity index (χ3n) is 5.73. The zero-order valence-corrected chi connectivity index (χ0v) is 14.8. The summed E-state index contributed by atoms with van der Waals surface area (Å²) in [6.45, 7) is 5.12. The minimum atomic E-state index is 0.106. The maximum absolute atomic E-state index is 12.3. The Hall–Kier alpha value is -1.39. The molecule has 1 aliphatic heterocycles. The molecule has 1 aliphatic carbocycles. The number of amides is 1. The Kier molecular flexibility index (Phi) is 5.90. The van der Waals surface area contributed by atoms with E-state index in [0.29, 0.717) is 12.6 Å². The highest BCUT2D eigenvalue weighted by atomic mass is 16.1. The molecule has 132 valence electrons. The van der Waals surface area contributed by atoms with Crippen LogP contribution in [-0.4, -0.2) is 29.4 Å². The lowest BCUT2D eigenvalue weighted by Gasteiger charge is -2.33. The molecule has 1 heterocycles. The summed E-state index contributed by atoms with van der Waals surface area (Å²) in [6.07, 6.45) is 6.67. The number of carbonyl (C=O) groups excluding carboxylic acids is 1. The Morgan fingerprint density at radius 1 is 1.21 bits per heavy atom. The van der Waals surface area contributed by atoms with Crippen LogP contribution >= 0.6 is 0 Å². The second-order valence-corrected chi connectivity index (χ2v) is 7.57. The van der Waals surface area contributed by atoms with Crippen molar-refractivity contribution in [1.82, 2.24) is 10.2 Å². The van der Waals surface area contributed by atoms with Crippen LogP contribution in [0.4, 0.5) is 0 Å². The van der Waals surface area contributed by atoms with Crippen LogP contribution in [0.1, 0.15) is 56.6 Å². The summed E-state index contributed by atoms with van der Waals surface area (Å²) in [4.78, 5) is 14.9. The lowest BCUT2D eigenvalue weighted by Crippen LogP contribution is -2.37. The second kappa shape index (κ2) is 8.13. The molecule has 1 saturated carbocycles. The van der Waals surface area contributed by atoms with Gasteiger partial charge in [-0.1, -0.05) is 30.7 Å². The number of nitrogens with one attached hydrogen (secondary N) is 1. The first kappa shape index (κ1) is 17.4. The highest BCUT2D eigenvalue weighted by molar-refractivity contribution is 5.79. The third kappa shape index (κ3) is 4.37. The molecule has 0 spiro atoms. The molecule has 1 amide bonds.